The first-order valence-electron chi connectivity index (χ1n) is 7.42. The lowest BCUT2D eigenvalue weighted by Gasteiger charge is -2.20. The summed E-state index contributed by atoms with van der Waals surface area (Å²) in [5.41, 5.74) is 3.86. The van der Waals surface area contributed by atoms with Gasteiger partial charge in [0.2, 0.25) is 0 Å². The van der Waals surface area contributed by atoms with Crippen LogP contribution in [0.15, 0.2) is 24.3 Å². The molecule has 2 aromatic rings. The summed E-state index contributed by atoms with van der Waals surface area (Å²) in [7, 11) is 0. The monoisotopic (exact) mass is 286 g/mol. The van der Waals surface area contributed by atoms with Crippen LogP contribution in [-0.2, 0) is 19.3 Å². The quantitative estimate of drug-likeness (QED) is 0.740. The maximum atomic E-state index is 10.7. The minimum absolute atomic E-state index is 0.182. The normalized spacial score (nSPS) is 10.8. The molecule has 0 unspecified atom stereocenters. The molecular formula is C18H22O3. The Kier molecular flexibility index (Phi) is 4.41. The number of hydrogen-bond acceptors (Lipinski definition) is 3. The third-order valence-corrected chi connectivity index (χ3v) is 3.98. The van der Waals surface area contributed by atoms with E-state index in [2.05, 4.69) is 0 Å². The van der Waals surface area contributed by atoms with Crippen molar-refractivity contribution in [3.05, 3.63) is 41.0 Å². The molecule has 0 radical (unpaired) electrons. The van der Waals surface area contributed by atoms with Gasteiger partial charge in [-0.05, 0) is 37.0 Å². The number of rotatable bonds is 4. The van der Waals surface area contributed by atoms with Gasteiger partial charge in [-0.3, -0.25) is 0 Å². The van der Waals surface area contributed by atoms with Crippen molar-refractivity contribution in [1.29, 1.82) is 0 Å². The molecule has 0 aliphatic heterocycles. The molecule has 0 fully saturated rings. The van der Waals surface area contributed by atoms with Crippen LogP contribution < -0.4 is 0 Å². The fourth-order valence-electron chi connectivity index (χ4n) is 2.93. The van der Waals surface area contributed by atoms with Gasteiger partial charge in [-0.25, -0.2) is 0 Å². The predicted octanol–water partition coefficient (Wildman–Crippen LogP) is 4.16. The maximum absolute atomic E-state index is 10.7. The van der Waals surface area contributed by atoms with Gasteiger partial charge < -0.3 is 15.3 Å². The zero-order valence-electron chi connectivity index (χ0n) is 12.8. The fraction of sp³-hybridized carbons (Fsp3) is 0.333. The first-order chi connectivity index (χ1) is 10.0. The van der Waals surface area contributed by atoms with Gasteiger partial charge in [0.05, 0.1) is 0 Å². The second kappa shape index (κ2) is 6.08. The average Bonchev–Trinajstić information content (AvgIpc) is 2.49. The van der Waals surface area contributed by atoms with Crippen molar-refractivity contribution in [2.24, 2.45) is 0 Å². The lowest BCUT2D eigenvalue weighted by molar-refractivity contribution is 0.445. The standard InChI is InChI=1S/C18H22O3/c1-4-13-14(5-2)18(21)16(15(6-3)17(13)20)11-7-9-12(19)10-8-11/h7-10,19-21H,4-6H2,1-3H3. The highest BCUT2D eigenvalue weighted by Gasteiger charge is 2.21. The third-order valence-electron chi connectivity index (χ3n) is 3.98. The first kappa shape index (κ1) is 15.2. The highest BCUT2D eigenvalue weighted by atomic mass is 16.3. The van der Waals surface area contributed by atoms with Crippen LogP contribution in [0, 0.1) is 0 Å². The molecule has 2 rings (SSSR count). The Labute approximate surface area is 125 Å². The van der Waals surface area contributed by atoms with Gasteiger partial charge in [-0.2, -0.15) is 0 Å². The lowest BCUT2D eigenvalue weighted by Crippen LogP contribution is -2.00. The van der Waals surface area contributed by atoms with Crippen LogP contribution in [0.25, 0.3) is 11.1 Å². The molecule has 2 aromatic carbocycles. The Morgan fingerprint density at radius 2 is 1.14 bits per heavy atom. The molecule has 0 saturated heterocycles. The predicted molar refractivity (Wildman–Crippen MR) is 85.0 cm³/mol. The Hall–Kier alpha value is -2.16. The van der Waals surface area contributed by atoms with Crippen molar-refractivity contribution < 1.29 is 15.3 Å². The number of benzene rings is 2. The van der Waals surface area contributed by atoms with Crippen molar-refractivity contribution in [3.63, 3.8) is 0 Å². The largest absolute Gasteiger partial charge is 0.508 e. The van der Waals surface area contributed by atoms with Gasteiger partial charge in [-0.15, -0.1) is 0 Å². The van der Waals surface area contributed by atoms with Gasteiger partial charge in [0.25, 0.3) is 0 Å². The molecule has 3 N–H and O–H groups in total. The van der Waals surface area contributed by atoms with Crippen LogP contribution in [0.2, 0.25) is 0 Å². The zero-order chi connectivity index (χ0) is 15.6. The van der Waals surface area contributed by atoms with E-state index in [4.69, 9.17) is 0 Å². The molecule has 0 bridgehead atoms. The summed E-state index contributed by atoms with van der Waals surface area (Å²) in [6, 6.07) is 6.69. The Morgan fingerprint density at radius 1 is 0.667 bits per heavy atom. The van der Waals surface area contributed by atoms with E-state index in [9.17, 15) is 15.3 Å². The smallest absolute Gasteiger partial charge is 0.127 e. The van der Waals surface area contributed by atoms with Crippen LogP contribution in [-0.4, -0.2) is 15.3 Å². The third kappa shape index (κ3) is 2.56. The van der Waals surface area contributed by atoms with Crippen molar-refractivity contribution in [3.8, 4) is 28.4 Å². The summed E-state index contributed by atoms with van der Waals surface area (Å²) in [5, 5.41) is 30.7. The summed E-state index contributed by atoms with van der Waals surface area (Å²) < 4.78 is 0. The first-order valence-corrected chi connectivity index (χ1v) is 7.42. The summed E-state index contributed by atoms with van der Waals surface area (Å²) in [6.07, 6.45) is 1.98. The Morgan fingerprint density at radius 3 is 1.62 bits per heavy atom. The minimum Gasteiger partial charge on any atom is -0.508 e. The number of aromatic hydroxyl groups is 3. The van der Waals surface area contributed by atoms with Crippen LogP contribution in [0.4, 0.5) is 0 Å². The molecule has 0 saturated carbocycles. The van der Waals surface area contributed by atoms with E-state index in [1.807, 2.05) is 20.8 Å². The SMILES string of the molecule is CCc1c(O)c(CC)c(-c2ccc(O)cc2)c(O)c1CC. The Bertz CT molecular complexity index is 643. The van der Waals surface area contributed by atoms with Gasteiger partial charge in [0, 0.05) is 22.3 Å². The van der Waals surface area contributed by atoms with E-state index in [-0.39, 0.29) is 17.2 Å². The molecule has 0 aliphatic carbocycles. The van der Waals surface area contributed by atoms with Crippen LogP contribution in [0.1, 0.15) is 37.5 Å². The van der Waals surface area contributed by atoms with Crippen molar-refractivity contribution in [1.82, 2.24) is 0 Å². The number of hydrogen-bond donors (Lipinski definition) is 3. The topological polar surface area (TPSA) is 60.7 Å². The highest BCUT2D eigenvalue weighted by molar-refractivity contribution is 5.79. The summed E-state index contributed by atoms with van der Waals surface area (Å²) in [4.78, 5) is 0. The zero-order valence-corrected chi connectivity index (χ0v) is 12.8. The number of phenolic OH excluding ortho intramolecular Hbond substituents is 3. The molecule has 112 valence electrons. The van der Waals surface area contributed by atoms with E-state index in [0.29, 0.717) is 24.8 Å². The fourth-order valence-corrected chi connectivity index (χ4v) is 2.93. The molecule has 21 heavy (non-hydrogen) atoms. The van der Waals surface area contributed by atoms with E-state index in [0.717, 1.165) is 22.3 Å². The molecule has 0 atom stereocenters. The molecule has 3 heteroatoms. The van der Waals surface area contributed by atoms with E-state index in [1.54, 1.807) is 24.3 Å². The van der Waals surface area contributed by atoms with E-state index < -0.39 is 0 Å². The van der Waals surface area contributed by atoms with E-state index >= 15 is 0 Å². The molecule has 0 aliphatic rings. The molecule has 3 nitrogen and oxygen atoms in total. The van der Waals surface area contributed by atoms with Crippen LogP contribution in [0.3, 0.4) is 0 Å². The highest BCUT2D eigenvalue weighted by Crippen LogP contribution is 2.44. The summed E-state index contributed by atoms with van der Waals surface area (Å²) >= 11 is 0. The summed E-state index contributed by atoms with van der Waals surface area (Å²) in [5.74, 6) is 0.716. The Balaban J connectivity index is 2.81. The second-order valence-electron chi connectivity index (χ2n) is 5.12. The lowest BCUT2D eigenvalue weighted by atomic mass is 9.88. The number of phenols is 3. The molecule has 0 spiro atoms. The van der Waals surface area contributed by atoms with Crippen molar-refractivity contribution >= 4 is 0 Å². The molecule has 0 heterocycles. The van der Waals surface area contributed by atoms with E-state index in [1.165, 1.54) is 0 Å². The minimum atomic E-state index is 0.182. The maximum Gasteiger partial charge on any atom is 0.127 e. The van der Waals surface area contributed by atoms with Crippen molar-refractivity contribution in [2.45, 2.75) is 40.0 Å². The second-order valence-corrected chi connectivity index (χ2v) is 5.12. The molecule has 0 aromatic heterocycles. The average molecular weight is 286 g/mol. The van der Waals surface area contributed by atoms with Gasteiger partial charge in [0.1, 0.15) is 17.2 Å². The van der Waals surface area contributed by atoms with Crippen molar-refractivity contribution in [2.75, 3.05) is 0 Å². The van der Waals surface area contributed by atoms with Gasteiger partial charge >= 0.3 is 0 Å². The van der Waals surface area contributed by atoms with Gasteiger partial charge in [0.15, 0.2) is 0 Å². The summed E-state index contributed by atoms with van der Waals surface area (Å²) in [6.45, 7) is 5.91. The van der Waals surface area contributed by atoms with Gasteiger partial charge in [-0.1, -0.05) is 32.9 Å². The molecular weight excluding hydrogens is 264 g/mol. The van der Waals surface area contributed by atoms with Crippen LogP contribution in [0.5, 0.6) is 17.2 Å². The van der Waals surface area contributed by atoms with Crippen LogP contribution >= 0.6 is 0 Å². The molecule has 0 amide bonds.